The van der Waals surface area contributed by atoms with Crippen molar-refractivity contribution in [1.82, 2.24) is 4.90 Å². The third kappa shape index (κ3) is 3.33. The molecule has 6 nitrogen and oxygen atoms in total. The van der Waals surface area contributed by atoms with E-state index in [0.29, 0.717) is 5.70 Å². The molecule has 2 heterocycles. The first-order valence-corrected chi connectivity index (χ1v) is 7.46. The van der Waals surface area contributed by atoms with Crippen molar-refractivity contribution in [2.75, 3.05) is 50.5 Å². The summed E-state index contributed by atoms with van der Waals surface area (Å²) in [6, 6.07) is 7.99. The standard InChI is InChI=1S/C16H21N5O.H2/c1-19-9-11-21(12-10-19)14-5-3-13(4-6-14)17-16(22)15-7-8-20(2)18-15;/h3-8H,9-12H2,1-2H3,(H,17,22);1H/q+1;. The lowest BCUT2D eigenvalue weighted by Gasteiger charge is -2.34. The van der Waals surface area contributed by atoms with Crippen molar-refractivity contribution in [3.05, 3.63) is 42.6 Å². The number of carbonyl (C=O) groups excluding carboxylic acids is 1. The van der Waals surface area contributed by atoms with Gasteiger partial charge < -0.3 is 15.1 Å². The summed E-state index contributed by atoms with van der Waals surface area (Å²) in [5.41, 5.74) is 2.41. The fourth-order valence-electron chi connectivity index (χ4n) is 2.55. The fourth-order valence-corrected chi connectivity index (χ4v) is 2.55. The fraction of sp³-hybridized carbons (Fsp3) is 0.375. The molecule has 1 fully saturated rings. The Balaban J connectivity index is 0.00000192. The van der Waals surface area contributed by atoms with E-state index in [1.165, 1.54) is 5.69 Å². The minimum absolute atomic E-state index is 0. The van der Waals surface area contributed by atoms with Gasteiger partial charge in [-0.15, -0.1) is 4.70 Å². The monoisotopic (exact) mass is 301 g/mol. The third-order valence-corrected chi connectivity index (χ3v) is 3.94. The maximum absolute atomic E-state index is 12.0. The van der Waals surface area contributed by atoms with E-state index in [-0.39, 0.29) is 7.33 Å². The number of piperazine rings is 1. The Labute approximate surface area is 132 Å². The van der Waals surface area contributed by atoms with E-state index in [9.17, 15) is 4.79 Å². The molecule has 1 saturated heterocycles. The van der Waals surface area contributed by atoms with Crippen molar-refractivity contribution < 1.29 is 10.9 Å². The van der Waals surface area contributed by atoms with Crippen LogP contribution in [0.2, 0.25) is 0 Å². The zero-order valence-corrected chi connectivity index (χ0v) is 13.0. The molecule has 22 heavy (non-hydrogen) atoms. The first-order chi connectivity index (χ1) is 10.6. The van der Waals surface area contributed by atoms with Crippen LogP contribution in [0.15, 0.2) is 41.2 Å². The number of hydrogen-bond donors (Lipinski definition) is 1. The Kier molecular flexibility index (Phi) is 4.20. The van der Waals surface area contributed by atoms with Gasteiger partial charge in [-0.3, -0.25) is 4.79 Å². The summed E-state index contributed by atoms with van der Waals surface area (Å²) < 4.78 is 1.62. The van der Waals surface area contributed by atoms with Crippen molar-refractivity contribution in [3.8, 4) is 0 Å². The Bertz CT molecular complexity index is 618. The molecule has 2 aliphatic rings. The van der Waals surface area contributed by atoms with Gasteiger partial charge in [0, 0.05) is 50.2 Å². The van der Waals surface area contributed by atoms with E-state index in [4.69, 9.17) is 0 Å². The van der Waals surface area contributed by atoms with E-state index in [2.05, 4.69) is 39.4 Å². The molecular weight excluding hydrogens is 278 g/mol. The van der Waals surface area contributed by atoms with Crippen molar-refractivity contribution in [2.45, 2.75) is 0 Å². The molecule has 1 radical (unpaired) electrons. The molecule has 0 atom stereocenters. The third-order valence-electron chi connectivity index (χ3n) is 3.94. The summed E-state index contributed by atoms with van der Waals surface area (Å²) in [6.45, 7) is 5.99. The van der Waals surface area contributed by atoms with Crippen LogP contribution in [-0.2, 0) is 4.79 Å². The number of hydrogen-bond acceptors (Lipinski definition) is 4. The lowest BCUT2D eigenvalue weighted by molar-refractivity contribution is -0.512. The van der Waals surface area contributed by atoms with Crippen LogP contribution in [0, 0.1) is 6.54 Å². The summed E-state index contributed by atoms with van der Waals surface area (Å²) in [6.07, 6.45) is 1.70. The van der Waals surface area contributed by atoms with Crippen LogP contribution in [0.1, 0.15) is 1.43 Å². The molecule has 1 N–H and O–H groups in total. The minimum atomic E-state index is -0.187. The zero-order valence-electron chi connectivity index (χ0n) is 13.0. The summed E-state index contributed by atoms with van der Waals surface area (Å²) in [7, 11) is 3.94. The SMILES string of the molecule is CN1CCN(c2ccc(NC(=O)C3=C[CH][N+](C)=N3)cc2)CC1.[HH]. The van der Waals surface area contributed by atoms with Crippen molar-refractivity contribution >= 4 is 17.3 Å². The summed E-state index contributed by atoms with van der Waals surface area (Å²) >= 11 is 0. The zero-order chi connectivity index (χ0) is 15.5. The molecule has 3 rings (SSSR count). The molecule has 0 bridgehead atoms. The molecule has 1 amide bonds. The molecular formula is C16H23N5O+. The van der Waals surface area contributed by atoms with Gasteiger partial charge in [0.1, 0.15) is 0 Å². The summed E-state index contributed by atoms with van der Waals surface area (Å²) in [4.78, 5) is 16.7. The Morgan fingerprint density at radius 3 is 2.50 bits per heavy atom. The number of amides is 1. The number of benzene rings is 1. The number of nitrogens with zero attached hydrogens (tertiary/aromatic N) is 4. The molecule has 0 spiro atoms. The second-order valence-corrected chi connectivity index (χ2v) is 5.67. The molecule has 0 saturated carbocycles. The van der Waals surface area contributed by atoms with Gasteiger partial charge in [-0.25, -0.2) is 0 Å². The molecule has 1 aromatic carbocycles. The predicted octanol–water partition coefficient (Wildman–Crippen LogP) is 1.78. The van der Waals surface area contributed by atoms with Gasteiger partial charge in [-0.2, -0.15) is 0 Å². The van der Waals surface area contributed by atoms with Gasteiger partial charge in [-0.1, -0.05) is 0 Å². The molecule has 6 heteroatoms. The van der Waals surface area contributed by atoms with Gasteiger partial charge in [-0.05, 0) is 31.3 Å². The smallest absolute Gasteiger partial charge is 0.280 e. The van der Waals surface area contributed by atoms with Crippen LogP contribution < -0.4 is 10.2 Å². The van der Waals surface area contributed by atoms with Crippen molar-refractivity contribution in [3.63, 3.8) is 0 Å². The average Bonchev–Trinajstić information content (AvgIpc) is 2.96. The van der Waals surface area contributed by atoms with Gasteiger partial charge in [0.2, 0.25) is 0 Å². The van der Waals surface area contributed by atoms with E-state index in [1.54, 1.807) is 24.4 Å². The van der Waals surface area contributed by atoms with Gasteiger partial charge >= 0.3 is 0 Å². The Morgan fingerprint density at radius 2 is 1.91 bits per heavy atom. The first kappa shape index (κ1) is 14.7. The highest BCUT2D eigenvalue weighted by molar-refractivity contribution is 6.03. The first-order valence-electron chi connectivity index (χ1n) is 7.46. The van der Waals surface area contributed by atoms with Crippen LogP contribution in [-0.4, -0.2) is 55.8 Å². The van der Waals surface area contributed by atoms with E-state index >= 15 is 0 Å². The number of carbonyl (C=O) groups is 1. The van der Waals surface area contributed by atoms with Crippen LogP contribution in [0.5, 0.6) is 0 Å². The number of rotatable bonds is 3. The predicted molar refractivity (Wildman–Crippen MR) is 87.9 cm³/mol. The average molecular weight is 301 g/mol. The second-order valence-electron chi connectivity index (χ2n) is 5.67. The largest absolute Gasteiger partial charge is 0.369 e. The summed E-state index contributed by atoms with van der Waals surface area (Å²) in [5, 5.41) is 6.96. The van der Waals surface area contributed by atoms with Crippen LogP contribution in [0.3, 0.4) is 0 Å². The lowest BCUT2D eigenvalue weighted by atomic mass is 10.2. The van der Waals surface area contributed by atoms with E-state index in [1.807, 2.05) is 12.1 Å². The summed E-state index contributed by atoms with van der Waals surface area (Å²) in [5.74, 6) is -0.187. The van der Waals surface area contributed by atoms with Crippen LogP contribution in [0.25, 0.3) is 0 Å². The number of anilines is 2. The highest BCUT2D eigenvalue weighted by atomic mass is 16.2. The van der Waals surface area contributed by atoms with E-state index in [0.717, 1.165) is 31.9 Å². The highest BCUT2D eigenvalue weighted by Crippen LogP contribution is 2.20. The minimum Gasteiger partial charge on any atom is -0.369 e. The maximum atomic E-state index is 12.0. The molecule has 1 aromatic rings. The highest BCUT2D eigenvalue weighted by Gasteiger charge is 2.20. The van der Waals surface area contributed by atoms with E-state index < -0.39 is 0 Å². The normalized spacial score (nSPS) is 18.9. The Hall–Kier alpha value is -2.21. The second kappa shape index (κ2) is 6.27. The Morgan fingerprint density at radius 1 is 1.23 bits per heavy atom. The molecule has 2 aliphatic heterocycles. The van der Waals surface area contributed by atoms with Gasteiger partial charge in [0.25, 0.3) is 12.5 Å². The maximum Gasteiger partial charge on any atom is 0.280 e. The van der Waals surface area contributed by atoms with Crippen molar-refractivity contribution in [1.29, 1.82) is 0 Å². The van der Waals surface area contributed by atoms with Gasteiger partial charge in [0.05, 0.1) is 0 Å². The van der Waals surface area contributed by atoms with Gasteiger partial charge in [0.15, 0.2) is 12.7 Å². The molecule has 117 valence electrons. The molecule has 0 unspecified atom stereocenters. The van der Waals surface area contributed by atoms with Crippen LogP contribution >= 0.6 is 0 Å². The topological polar surface area (TPSA) is 50.9 Å². The molecule has 0 aromatic heterocycles. The number of azo groups is 2. The van der Waals surface area contributed by atoms with Crippen LogP contribution in [0.4, 0.5) is 11.4 Å². The quantitative estimate of drug-likeness (QED) is 0.866. The van der Waals surface area contributed by atoms with Crippen molar-refractivity contribution in [2.24, 2.45) is 5.11 Å². The lowest BCUT2D eigenvalue weighted by Crippen LogP contribution is -2.44. The number of nitrogens with one attached hydrogen (secondary N) is 1. The molecule has 0 aliphatic carbocycles. The number of likely N-dealkylation sites (N-methyl/N-ethyl adjacent to an activating group) is 2.